The van der Waals surface area contributed by atoms with Crippen molar-refractivity contribution in [3.63, 3.8) is 0 Å². The number of benzene rings is 2. The first-order valence-electron chi connectivity index (χ1n) is 7.63. The third kappa shape index (κ3) is 4.17. The minimum absolute atomic E-state index is 0.325. The Morgan fingerprint density at radius 2 is 1.88 bits per heavy atom. The van der Waals surface area contributed by atoms with Crippen LogP contribution in [0, 0.1) is 0 Å². The minimum Gasteiger partial charge on any atom is -0.497 e. The molecule has 0 atom stereocenters. The van der Waals surface area contributed by atoms with E-state index in [4.69, 9.17) is 10.5 Å². The van der Waals surface area contributed by atoms with Crippen LogP contribution in [0.25, 0.3) is 11.3 Å². The molecule has 8 heteroatoms. The van der Waals surface area contributed by atoms with E-state index in [1.54, 1.807) is 25.3 Å². The third-order valence-corrected chi connectivity index (χ3v) is 4.26. The molecule has 2 aromatic carbocycles. The predicted molar refractivity (Wildman–Crippen MR) is 102 cm³/mol. The summed E-state index contributed by atoms with van der Waals surface area (Å²) in [4.78, 5) is 27.7. The van der Waals surface area contributed by atoms with Crippen LogP contribution in [0.15, 0.2) is 53.9 Å². The molecular formula is C18H16N4O3S. The summed E-state index contributed by atoms with van der Waals surface area (Å²) in [5, 5.41) is 7.53. The molecule has 26 heavy (non-hydrogen) atoms. The summed E-state index contributed by atoms with van der Waals surface area (Å²) in [6, 6.07) is 13.3. The van der Waals surface area contributed by atoms with E-state index in [1.165, 1.54) is 17.4 Å². The van der Waals surface area contributed by atoms with E-state index < -0.39 is 6.03 Å². The number of nitrogens with one attached hydrogen (secondary N) is 2. The average Bonchev–Trinajstić information content (AvgIpc) is 3.10. The molecular weight excluding hydrogens is 352 g/mol. The quantitative estimate of drug-likeness (QED) is 0.640. The van der Waals surface area contributed by atoms with E-state index in [-0.39, 0.29) is 5.91 Å². The van der Waals surface area contributed by atoms with Crippen LogP contribution in [0.4, 0.5) is 15.6 Å². The first-order valence-corrected chi connectivity index (χ1v) is 8.51. The molecule has 3 aromatic rings. The van der Waals surface area contributed by atoms with Crippen LogP contribution < -0.4 is 21.1 Å². The predicted octanol–water partition coefficient (Wildman–Crippen LogP) is 3.56. The number of hydrogen-bond donors (Lipinski definition) is 3. The lowest BCUT2D eigenvalue weighted by Crippen LogP contribution is -2.19. The zero-order valence-electron chi connectivity index (χ0n) is 13.9. The maximum Gasteiger partial charge on any atom is 0.316 e. The molecule has 1 aromatic heterocycles. The maximum absolute atomic E-state index is 12.4. The molecule has 0 aliphatic rings. The summed E-state index contributed by atoms with van der Waals surface area (Å²) >= 11 is 1.33. The van der Waals surface area contributed by atoms with Gasteiger partial charge in [-0.25, -0.2) is 9.78 Å². The number of primary amides is 1. The van der Waals surface area contributed by atoms with Gasteiger partial charge in [-0.3, -0.25) is 10.1 Å². The first kappa shape index (κ1) is 17.4. The monoisotopic (exact) mass is 368 g/mol. The second-order valence-corrected chi connectivity index (χ2v) is 6.15. The summed E-state index contributed by atoms with van der Waals surface area (Å²) in [6.45, 7) is 0. The van der Waals surface area contributed by atoms with Crippen molar-refractivity contribution in [2.45, 2.75) is 0 Å². The van der Waals surface area contributed by atoms with Gasteiger partial charge in [-0.05, 0) is 42.5 Å². The molecule has 3 amide bonds. The van der Waals surface area contributed by atoms with E-state index in [2.05, 4.69) is 15.6 Å². The number of urea groups is 1. The van der Waals surface area contributed by atoms with Gasteiger partial charge in [0.25, 0.3) is 5.91 Å². The van der Waals surface area contributed by atoms with Crippen LogP contribution >= 0.6 is 11.3 Å². The van der Waals surface area contributed by atoms with Gasteiger partial charge >= 0.3 is 6.03 Å². The van der Waals surface area contributed by atoms with Crippen molar-refractivity contribution < 1.29 is 14.3 Å². The summed E-state index contributed by atoms with van der Waals surface area (Å²) in [5.74, 6) is 0.440. The Bertz CT molecular complexity index is 938. The topological polar surface area (TPSA) is 106 Å². The lowest BCUT2D eigenvalue weighted by Gasteiger charge is -2.05. The zero-order valence-corrected chi connectivity index (χ0v) is 14.7. The lowest BCUT2D eigenvalue weighted by molar-refractivity contribution is 0.102. The normalized spacial score (nSPS) is 10.2. The molecule has 0 aliphatic heterocycles. The van der Waals surface area contributed by atoms with Gasteiger partial charge in [0.15, 0.2) is 5.13 Å². The van der Waals surface area contributed by atoms with E-state index in [0.29, 0.717) is 16.4 Å². The molecule has 0 aliphatic carbocycles. The summed E-state index contributed by atoms with van der Waals surface area (Å²) in [5.41, 5.74) is 7.60. The van der Waals surface area contributed by atoms with Gasteiger partial charge in [-0.1, -0.05) is 6.07 Å². The molecule has 4 N–H and O–H groups in total. The molecule has 1 heterocycles. The Labute approximate surface area is 153 Å². The molecule has 0 unspecified atom stereocenters. The molecule has 0 saturated carbocycles. The molecule has 0 fully saturated rings. The van der Waals surface area contributed by atoms with Gasteiger partial charge in [0, 0.05) is 22.2 Å². The highest BCUT2D eigenvalue weighted by atomic mass is 32.1. The number of thiazole rings is 1. The highest BCUT2D eigenvalue weighted by molar-refractivity contribution is 7.14. The van der Waals surface area contributed by atoms with Crippen molar-refractivity contribution in [3.05, 3.63) is 59.5 Å². The molecule has 7 nitrogen and oxygen atoms in total. The molecule has 0 saturated heterocycles. The Morgan fingerprint density at radius 1 is 1.12 bits per heavy atom. The average molecular weight is 368 g/mol. The Balaban J connectivity index is 1.72. The number of anilines is 2. The number of nitrogens with zero attached hydrogens (tertiary/aromatic N) is 1. The molecule has 0 bridgehead atoms. The van der Waals surface area contributed by atoms with E-state index >= 15 is 0 Å². The second kappa shape index (κ2) is 7.66. The van der Waals surface area contributed by atoms with Crippen LogP contribution in [0.2, 0.25) is 0 Å². The van der Waals surface area contributed by atoms with Crippen molar-refractivity contribution in [2.75, 3.05) is 17.7 Å². The fourth-order valence-corrected chi connectivity index (χ4v) is 2.99. The number of methoxy groups -OCH3 is 1. The third-order valence-electron chi connectivity index (χ3n) is 3.50. The fraction of sp³-hybridized carbons (Fsp3) is 0.0556. The van der Waals surface area contributed by atoms with Crippen molar-refractivity contribution >= 4 is 34.1 Å². The SMILES string of the molecule is COc1ccc(-c2csc(NC(=O)c3cccc(NC(N)=O)c3)n2)cc1. The number of ether oxygens (including phenoxy) is 1. The number of hydrogen-bond acceptors (Lipinski definition) is 5. The van der Waals surface area contributed by atoms with Crippen molar-refractivity contribution in [1.29, 1.82) is 0 Å². The zero-order chi connectivity index (χ0) is 18.5. The van der Waals surface area contributed by atoms with Crippen LogP contribution in [-0.4, -0.2) is 24.0 Å². The fourth-order valence-electron chi connectivity index (χ4n) is 2.28. The standard InChI is InChI=1S/C18H16N4O3S/c1-25-14-7-5-11(6-8-14)15-10-26-18(21-15)22-16(23)12-3-2-4-13(9-12)20-17(19)24/h2-10H,1H3,(H3,19,20,24)(H,21,22,23). The Hall–Kier alpha value is -3.39. The highest BCUT2D eigenvalue weighted by Gasteiger charge is 2.11. The Kier molecular flexibility index (Phi) is 5.14. The van der Waals surface area contributed by atoms with E-state index in [1.807, 2.05) is 29.6 Å². The summed E-state index contributed by atoms with van der Waals surface area (Å²) in [7, 11) is 1.61. The number of carbonyl (C=O) groups excluding carboxylic acids is 2. The number of nitrogens with two attached hydrogens (primary N) is 1. The van der Waals surface area contributed by atoms with E-state index in [0.717, 1.165) is 17.0 Å². The highest BCUT2D eigenvalue weighted by Crippen LogP contribution is 2.26. The van der Waals surface area contributed by atoms with Crippen LogP contribution in [0.5, 0.6) is 5.75 Å². The number of amides is 3. The summed E-state index contributed by atoms with van der Waals surface area (Å²) < 4.78 is 5.14. The molecule has 0 radical (unpaired) electrons. The van der Waals surface area contributed by atoms with Gasteiger partial charge in [-0.2, -0.15) is 0 Å². The molecule has 132 valence electrons. The largest absolute Gasteiger partial charge is 0.497 e. The Morgan fingerprint density at radius 3 is 2.58 bits per heavy atom. The van der Waals surface area contributed by atoms with Crippen LogP contribution in [0.3, 0.4) is 0 Å². The number of carbonyl (C=O) groups is 2. The molecule has 3 rings (SSSR count). The van der Waals surface area contributed by atoms with Gasteiger partial charge in [-0.15, -0.1) is 11.3 Å². The van der Waals surface area contributed by atoms with Crippen molar-refractivity contribution in [1.82, 2.24) is 4.98 Å². The minimum atomic E-state index is -0.688. The van der Waals surface area contributed by atoms with Crippen LogP contribution in [-0.2, 0) is 0 Å². The molecule has 0 spiro atoms. The lowest BCUT2D eigenvalue weighted by atomic mass is 10.2. The smallest absolute Gasteiger partial charge is 0.316 e. The first-order chi connectivity index (χ1) is 12.5. The second-order valence-electron chi connectivity index (χ2n) is 5.29. The van der Waals surface area contributed by atoms with Gasteiger partial charge in [0.05, 0.1) is 12.8 Å². The number of rotatable bonds is 5. The van der Waals surface area contributed by atoms with Gasteiger partial charge in [0.2, 0.25) is 0 Å². The van der Waals surface area contributed by atoms with Crippen molar-refractivity contribution in [3.8, 4) is 17.0 Å². The summed E-state index contributed by atoms with van der Waals surface area (Å²) in [6.07, 6.45) is 0. The van der Waals surface area contributed by atoms with Gasteiger partial charge < -0.3 is 15.8 Å². The maximum atomic E-state index is 12.4. The number of aromatic nitrogens is 1. The van der Waals surface area contributed by atoms with Gasteiger partial charge in [0.1, 0.15) is 5.75 Å². The van der Waals surface area contributed by atoms with Crippen molar-refractivity contribution in [2.24, 2.45) is 5.73 Å². The van der Waals surface area contributed by atoms with Crippen LogP contribution in [0.1, 0.15) is 10.4 Å². The van der Waals surface area contributed by atoms with E-state index in [9.17, 15) is 9.59 Å².